The fourth-order valence-electron chi connectivity index (χ4n) is 1.98. The van der Waals surface area contributed by atoms with Crippen molar-refractivity contribution in [1.82, 2.24) is 4.98 Å². The van der Waals surface area contributed by atoms with Crippen LogP contribution in [0.5, 0.6) is 0 Å². The van der Waals surface area contributed by atoms with Gasteiger partial charge in [-0.2, -0.15) is 0 Å². The zero-order chi connectivity index (χ0) is 10.8. The Hall–Kier alpha value is -1.51. The first-order valence-corrected chi connectivity index (χ1v) is 5.37. The molecule has 0 aliphatic heterocycles. The van der Waals surface area contributed by atoms with Crippen LogP contribution in [0.2, 0.25) is 0 Å². The van der Waals surface area contributed by atoms with Crippen molar-refractivity contribution in [1.29, 1.82) is 0 Å². The van der Waals surface area contributed by atoms with Gasteiger partial charge in [-0.3, -0.25) is 4.98 Å². The molecule has 0 radical (unpaired) electrons. The van der Waals surface area contributed by atoms with E-state index < -0.39 is 0 Å². The summed E-state index contributed by atoms with van der Waals surface area (Å²) in [4.78, 5) is 13.6. The second-order valence-electron chi connectivity index (χ2n) is 3.78. The predicted molar refractivity (Wildman–Crippen MR) is 60.2 cm³/mol. The molecule has 2 rings (SSSR count). The highest BCUT2D eigenvalue weighted by Gasteiger charge is 2.09. The van der Waals surface area contributed by atoms with Crippen LogP contribution in [0.25, 0.3) is 11.1 Å². The van der Waals surface area contributed by atoms with Crippen LogP contribution in [0.3, 0.4) is 0 Å². The van der Waals surface area contributed by atoms with Crippen LogP contribution in [-0.4, -0.2) is 4.98 Å². The van der Waals surface area contributed by atoms with Crippen LogP contribution < -0.4 is 5.76 Å². The molecular formula is C12H15NO2. The maximum atomic E-state index is 11.0. The van der Waals surface area contributed by atoms with Gasteiger partial charge >= 0.3 is 5.76 Å². The van der Waals surface area contributed by atoms with Crippen molar-refractivity contribution in [3.05, 3.63) is 34.3 Å². The topological polar surface area (TPSA) is 46.0 Å². The van der Waals surface area contributed by atoms with Gasteiger partial charge < -0.3 is 4.42 Å². The van der Waals surface area contributed by atoms with Gasteiger partial charge in [0.2, 0.25) is 0 Å². The molecule has 0 spiro atoms. The standard InChI is InChI=1S/C12H15NO2/c1-3-8(4-2)9-5-6-10-11(7-9)15-12(14)13-10/h5-8H,3-4H2,1-2H3,(H,13,14). The molecule has 3 heteroatoms. The number of fused-ring (bicyclic) bond motifs is 1. The number of aromatic nitrogens is 1. The summed E-state index contributed by atoms with van der Waals surface area (Å²) in [5, 5.41) is 0. The highest BCUT2D eigenvalue weighted by Crippen LogP contribution is 2.25. The van der Waals surface area contributed by atoms with Crippen molar-refractivity contribution in [2.45, 2.75) is 32.6 Å². The Kier molecular flexibility index (Phi) is 2.62. The molecule has 1 N–H and O–H groups in total. The Morgan fingerprint density at radius 1 is 1.33 bits per heavy atom. The monoisotopic (exact) mass is 205 g/mol. The van der Waals surface area contributed by atoms with Gasteiger partial charge in [0.1, 0.15) is 0 Å². The number of rotatable bonds is 3. The maximum Gasteiger partial charge on any atom is 0.417 e. The van der Waals surface area contributed by atoms with Crippen molar-refractivity contribution in [2.75, 3.05) is 0 Å². The van der Waals surface area contributed by atoms with E-state index in [1.165, 1.54) is 5.56 Å². The van der Waals surface area contributed by atoms with Gasteiger partial charge in [0.25, 0.3) is 0 Å². The summed E-state index contributed by atoms with van der Waals surface area (Å²) in [6, 6.07) is 5.93. The largest absolute Gasteiger partial charge is 0.417 e. The number of hydrogen-bond donors (Lipinski definition) is 1. The van der Waals surface area contributed by atoms with Crippen molar-refractivity contribution < 1.29 is 4.42 Å². The maximum absolute atomic E-state index is 11.0. The summed E-state index contributed by atoms with van der Waals surface area (Å²) in [5.41, 5.74) is 2.68. The van der Waals surface area contributed by atoms with Gasteiger partial charge in [0.05, 0.1) is 5.52 Å². The summed E-state index contributed by atoms with van der Waals surface area (Å²) in [7, 11) is 0. The quantitative estimate of drug-likeness (QED) is 0.837. The van der Waals surface area contributed by atoms with Gasteiger partial charge in [0, 0.05) is 0 Å². The van der Waals surface area contributed by atoms with E-state index in [9.17, 15) is 4.79 Å². The number of nitrogens with one attached hydrogen (secondary N) is 1. The normalized spacial score (nSPS) is 11.4. The van der Waals surface area contributed by atoms with Crippen LogP contribution in [0, 0.1) is 0 Å². The average molecular weight is 205 g/mol. The zero-order valence-electron chi connectivity index (χ0n) is 9.04. The number of aromatic amines is 1. The molecule has 0 saturated carbocycles. The first kappa shape index (κ1) is 10.0. The Balaban J connectivity index is 2.49. The molecular weight excluding hydrogens is 190 g/mol. The molecule has 0 aliphatic rings. The van der Waals surface area contributed by atoms with E-state index in [1.807, 2.05) is 12.1 Å². The SMILES string of the molecule is CCC(CC)c1ccc2[nH]c(=O)oc2c1. The van der Waals surface area contributed by atoms with Crippen LogP contribution in [0.1, 0.15) is 38.2 Å². The van der Waals surface area contributed by atoms with E-state index in [0.29, 0.717) is 11.5 Å². The molecule has 80 valence electrons. The van der Waals surface area contributed by atoms with E-state index in [4.69, 9.17) is 4.42 Å². The first-order valence-electron chi connectivity index (χ1n) is 5.37. The third-order valence-corrected chi connectivity index (χ3v) is 2.90. The van der Waals surface area contributed by atoms with E-state index in [0.717, 1.165) is 18.4 Å². The fraction of sp³-hybridized carbons (Fsp3) is 0.417. The highest BCUT2D eigenvalue weighted by atomic mass is 16.4. The molecule has 15 heavy (non-hydrogen) atoms. The molecule has 0 fully saturated rings. The second kappa shape index (κ2) is 3.93. The zero-order valence-corrected chi connectivity index (χ0v) is 9.04. The third kappa shape index (κ3) is 1.82. The Bertz CT molecular complexity index is 506. The predicted octanol–water partition coefficient (Wildman–Crippen LogP) is 3.02. The molecule has 1 heterocycles. The van der Waals surface area contributed by atoms with Gasteiger partial charge in [-0.15, -0.1) is 0 Å². The molecule has 1 aromatic carbocycles. The van der Waals surface area contributed by atoms with Crippen molar-refractivity contribution in [3.8, 4) is 0 Å². The van der Waals surface area contributed by atoms with Gasteiger partial charge in [-0.05, 0) is 36.5 Å². The molecule has 2 aromatic rings. The minimum absolute atomic E-state index is 0.383. The highest BCUT2D eigenvalue weighted by molar-refractivity contribution is 5.72. The minimum atomic E-state index is -0.383. The summed E-state index contributed by atoms with van der Waals surface area (Å²) < 4.78 is 5.04. The lowest BCUT2D eigenvalue weighted by atomic mass is 9.94. The average Bonchev–Trinajstić information content (AvgIpc) is 2.59. The van der Waals surface area contributed by atoms with E-state index in [-0.39, 0.29) is 5.76 Å². The first-order chi connectivity index (χ1) is 7.24. The third-order valence-electron chi connectivity index (χ3n) is 2.90. The minimum Gasteiger partial charge on any atom is -0.408 e. The molecule has 3 nitrogen and oxygen atoms in total. The lowest BCUT2D eigenvalue weighted by Crippen LogP contribution is -1.94. The van der Waals surface area contributed by atoms with Gasteiger partial charge in [-0.25, -0.2) is 4.79 Å². The lowest BCUT2D eigenvalue weighted by molar-refractivity contribution is 0.553. The molecule has 0 bridgehead atoms. The Morgan fingerprint density at radius 3 is 2.73 bits per heavy atom. The van der Waals surface area contributed by atoms with E-state index in [2.05, 4.69) is 24.9 Å². The van der Waals surface area contributed by atoms with Crippen LogP contribution in [0.4, 0.5) is 0 Å². The molecule has 1 aromatic heterocycles. The van der Waals surface area contributed by atoms with Crippen LogP contribution in [-0.2, 0) is 0 Å². The number of benzene rings is 1. The van der Waals surface area contributed by atoms with E-state index in [1.54, 1.807) is 0 Å². The smallest absolute Gasteiger partial charge is 0.408 e. The summed E-state index contributed by atoms with van der Waals surface area (Å²) in [5.74, 6) is 0.168. The number of H-pyrrole nitrogens is 1. The molecule has 0 atom stereocenters. The summed E-state index contributed by atoms with van der Waals surface area (Å²) >= 11 is 0. The fourth-order valence-corrected chi connectivity index (χ4v) is 1.98. The van der Waals surface area contributed by atoms with Crippen molar-refractivity contribution >= 4 is 11.1 Å². The van der Waals surface area contributed by atoms with Crippen LogP contribution >= 0.6 is 0 Å². The van der Waals surface area contributed by atoms with Crippen molar-refractivity contribution in [2.24, 2.45) is 0 Å². The summed E-state index contributed by atoms with van der Waals surface area (Å²) in [6.07, 6.45) is 2.22. The van der Waals surface area contributed by atoms with E-state index >= 15 is 0 Å². The van der Waals surface area contributed by atoms with Crippen LogP contribution in [0.15, 0.2) is 27.4 Å². The van der Waals surface area contributed by atoms with Crippen molar-refractivity contribution in [3.63, 3.8) is 0 Å². The molecule has 0 amide bonds. The Morgan fingerprint density at radius 2 is 2.07 bits per heavy atom. The second-order valence-corrected chi connectivity index (χ2v) is 3.78. The molecule has 0 unspecified atom stereocenters. The molecule has 0 aliphatic carbocycles. The molecule has 0 saturated heterocycles. The number of hydrogen-bond acceptors (Lipinski definition) is 2. The summed E-state index contributed by atoms with van der Waals surface area (Å²) in [6.45, 7) is 4.34. The van der Waals surface area contributed by atoms with Gasteiger partial charge in [-0.1, -0.05) is 19.9 Å². The number of oxazole rings is 1. The van der Waals surface area contributed by atoms with Gasteiger partial charge in [0.15, 0.2) is 5.58 Å². The Labute approximate surface area is 88.1 Å². The lowest BCUT2D eigenvalue weighted by Gasteiger charge is -2.11.